The van der Waals surface area contributed by atoms with Gasteiger partial charge in [-0.1, -0.05) is 48.5 Å². The summed E-state index contributed by atoms with van der Waals surface area (Å²) in [6, 6.07) is 19.3. The molecule has 1 amide bonds. The Morgan fingerprint density at radius 3 is 2.47 bits per heavy atom. The summed E-state index contributed by atoms with van der Waals surface area (Å²) in [5.74, 6) is 0.112. The van der Waals surface area contributed by atoms with E-state index in [9.17, 15) is 4.79 Å². The lowest BCUT2D eigenvalue weighted by Crippen LogP contribution is -2.24. The Hall–Kier alpha value is -4.14. The number of benzene rings is 2. The van der Waals surface area contributed by atoms with Gasteiger partial charge in [0, 0.05) is 11.1 Å². The number of hydrogen-bond donors (Lipinski definition) is 1. The van der Waals surface area contributed by atoms with Crippen LogP contribution in [0.4, 0.5) is 0 Å². The first-order valence-electron chi connectivity index (χ1n) is 9.38. The molecule has 0 aliphatic rings. The van der Waals surface area contributed by atoms with E-state index in [4.69, 9.17) is 0 Å². The van der Waals surface area contributed by atoms with Crippen molar-refractivity contribution in [2.45, 2.75) is 20.4 Å². The van der Waals surface area contributed by atoms with Gasteiger partial charge in [0.1, 0.15) is 6.54 Å². The van der Waals surface area contributed by atoms with Crippen molar-refractivity contribution in [2.75, 3.05) is 0 Å². The minimum absolute atomic E-state index is 0.0849. The summed E-state index contributed by atoms with van der Waals surface area (Å²) in [5, 5.41) is 20.7. The number of hydrogen-bond acceptors (Lipinski definition) is 6. The van der Waals surface area contributed by atoms with Gasteiger partial charge < -0.3 is 0 Å². The summed E-state index contributed by atoms with van der Waals surface area (Å²) in [5.41, 5.74) is 6.90. The van der Waals surface area contributed by atoms with Crippen molar-refractivity contribution in [3.8, 4) is 17.1 Å². The lowest BCUT2D eigenvalue weighted by atomic mass is 10.2. The first kappa shape index (κ1) is 19.2. The minimum Gasteiger partial charge on any atom is -0.271 e. The van der Waals surface area contributed by atoms with Crippen LogP contribution < -0.4 is 5.43 Å². The second kappa shape index (κ2) is 8.48. The molecule has 0 spiro atoms. The van der Waals surface area contributed by atoms with Crippen molar-refractivity contribution in [1.82, 2.24) is 35.4 Å². The van der Waals surface area contributed by atoms with Crippen molar-refractivity contribution < 1.29 is 4.79 Å². The highest BCUT2D eigenvalue weighted by Crippen LogP contribution is 2.16. The average molecular weight is 400 g/mol. The number of aryl methyl sites for hydroxylation is 1. The van der Waals surface area contributed by atoms with Crippen LogP contribution in [0.5, 0.6) is 0 Å². The highest BCUT2D eigenvalue weighted by molar-refractivity contribution is 5.84. The Bertz CT molecular complexity index is 1180. The zero-order chi connectivity index (χ0) is 20.9. The number of para-hydroxylation sites is 1. The van der Waals surface area contributed by atoms with E-state index in [1.165, 1.54) is 4.80 Å². The molecule has 2 aromatic carbocycles. The van der Waals surface area contributed by atoms with Crippen LogP contribution in [-0.4, -0.2) is 42.1 Å². The predicted octanol–water partition coefficient (Wildman–Crippen LogP) is 2.29. The van der Waals surface area contributed by atoms with E-state index < -0.39 is 0 Å². The number of hydrazone groups is 1. The molecule has 4 aromatic rings. The Kier molecular flexibility index (Phi) is 5.42. The van der Waals surface area contributed by atoms with Crippen molar-refractivity contribution in [2.24, 2.45) is 5.10 Å². The average Bonchev–Trinajstić information content (AvgIpc) is 3.34. The third-order valence-electron chi connectivity index (χ3n) is 4.50. The number of amides is 1. The third-order valence-corrected chi connectivity index (χ3v) is 4.50. The van der Waals surface area contributed by atoms with Crippen LogP contribution in [0.1, 0.15) is 17.0 Å². The normalized spacial score (nSPS) is 11.1. The monoisotopic (exact) mass is 400 g/mol. The summed E-state index contributed by atoms with van der Waals surface area (Å²) >= 11 is 0. The van der Waals surface area contributed by atoms with Crippen molar-refractivity contribution >= 4 is 12.1 Å². The number of carbonyl (C=O) groups is 1. The second-order valence-corrected chi connectivity index (χ2v) is 6.63. The molecule has 2 heterocycles. The van der Waals surface area contributed by atoms with E-state index in [1.807, 2.05) is 79.2 Å². The summed E-state index contributed by atoms with van der Waals surface area (Å²) in [6.07, 6.45) is 1.60. The minimum atomic E-state index is -0.353. The number of nitrogens with zero attached hydrogens (tertiary/aromatic N) is 7. The maximum Gasteiger partial charge on any atom is 0.263 e. The highest BCUT2D eigenvalue weighted by atomic mass is 16.2. The van der Waals surface area contributed by atoms with Crippen LogP contribution in [0.15, 0.2) is 65.8 Å². The van der Waals surface area contributed by atoms with Crippen molar-refractivity contribution in [1.29, 1.82) is 0 Å². The molecule has 30 heavy (non-hydrogen) atoms. The predicted molar refractivity (Wildman–Crippen MR) is 112 cm³/mol. The molecule has 1 N–H and O–H groups in total. The molecule has 0 fully saturated rings. The van der Waals surface area contributed by atoms with E-state index in [-0.39, 0.29) is 12.5 Å². The van der Waals surface area contributed by atoms with Gasteiger partial charge >= 0.3 is 0 Å². The molecule has 0 saturated heterocycles. The van der Waals surface area contributed by atoms with Crippen LogP contribution in [-0.2, 0) is 11.3 Å². The first-order chi connectivity index (χ1) is 14.6. The molecule has 0 atom stereocenters. The zero-order valence-electron chi connectivity index (χ0n) is 16.6. The lowest BCUT2D eigenvalue weighted by Gasteiger charge is -2.03. The van der Waals surface area contributed by atoms with Gasteiger partial charge in [0.15, 0.2) is 0 Å². The topological polar surface area (TPSA) is 103 Å². The smallest absolute Gasteiger partial charge is 0.263 e. The number of tetrazole rings is 1. The van der Waals surface area contributed by atoms with E-state index in [0.29, 0.717) is 5.82 Å². The maximum atomic E-state index is 12.2. The fourth-order valence-electron chi connectivity index (χ4n) is 3.01. The number of nitrogens with one attached hydrogen (secondary N) is 1. The van der Waals surface area contributed by atoms with Crippen LogP contribution in [0.3, 0.4) is 0 Å². The van der Waals surface area contributed by atoms with Crippen molar-refractivity contribution in [3.63, 3.8) is 0 Å². The van der Waals surface area contributed by atoms with E-state index in [1.54, 1.807) is 6.21 Å². The first-order valence-corrected chi connectivity index (χ1v) is 9.38. The van der Waals surface area contributed by atoms with E-state index in [0.717, 1.165) is 28.2 Å². The zero-order valence-corrected chi connectivity index (χ0v) is 16.6. The van der Waals surface area contributed by atoms with Gasteiger partial charge in [0.25, 0.3) is 5.91 Å². The molecular formula is C21H20N8O. The summed E-state index contributed by atoms with van der Waals surface area (Å²) in [7, 11) is 0. The van der Waals surface area contributed by atoms with Gasteiger partial charge in [-0.25, -0.2) is 10.1 Å². The molecule has 0 saturated carbocycles. The third kappa shape index (κ3) is 4.14. The molecule has 0 radical (unpaired) electrons. The van der Waals surface area contributed by atoms with Crippen LogP contribution in [0.2, 0.25) is 0 Å². The Balaban J connectivity index is 1.40. The molecule has 9 heteroatoms. The van der Waals surface area contributed by atoms with Crippen LogP contribution in [0.25, 0.3) is 17.1 Å². The summed E-state index contributed by atoms with van der Waals surface area (Å²) in [4.78, 5) is 13.4. The van der Waals surface area contributed by atoms with Gasteiger partial charge in [-0.2, -0.15) is 15.0 Å². The molecule has 0 aliphatic carbocycles. The fraction of sp³-hybridized carbons (Fsp3) is 0.143. The quantitative estimate of drug-likeness (QED) is 0.395. The molecular weight excluding hydrogens is 380 g/mol. The van der Waals surface area contributed by atoms with Gasteiger partial charge in [-0.3, -0.25) is 4.79 Å². The van der Waals surface area contributed by atoms with Gasteiger partial charge in [0.05, 0.1) is 23.3 Å². The van der Waals surface area contributed by atoms with Gasteiger partial charge in [-0.05, 0) is 31.2 Å². The number of aromatic nitrogens is 6. The highest BCUT2D eigenvalue weighted by Gasteiger charge is 2.12. The SMILES string of the molecule is Cc1nn(-c2ccccc2)c(C)c1/C=N\NC(=O)Cn1nnc(-c2ccccc2)n1. The Morgan fingerprint density at radius 2 is 1.73 bits per heavy atom. The summed E-state index contributed by atoms with van der Waals surface area (Å²) < 4.78 is 1.85. The van der Waals surface area contributed by atoms with Gasteiger partial charge in [0.2, 0.25) is 5.82 Å². The molecule has 0 unspecified atom stereocenters. The molecule has 0 aliphatic heterocycles. The number of rotatable bonds is 6. The molecule has 4 rings (SSSR count). The van der Waals surface area contributed by atoms with Crippen molar-refractivity contribution in [3.05, 3.63) is 77.6 Å². The molecule has 0 bridgehead atoms. The fourth-order valence-corrected chi connectivity index (χ4v) is 3.01. The largest absolute Gasteiger partial charge is 0.271 e. The number of carbonyl (C=O) groups excluding carboxylic acids is 1. The Morgan fingerprint density at radius 1 is 1.03 bits per heavy atom. The second-order valence-electron chi connectivity index (χ2n) is 6.63. The molecule has 150 valence electrons. The van der Waals surface area contributed by atoms with E-state index in [2.05, 4.69) is 31.0 Å². The molecule has 2 aromatic heterocycles. The Labute approximate surface area is 173 Å². The summed E-state index contributed by atoms with van der Waals surface area (Å²) in [6.45, 7) is 3.78. The van der Waals surface area contributed by atoms with Crippen LogP contribution in [0, 0.1) is 13.8 Å². The van der Waals surface area contributed by atoms with E-state index >= 15 is 0 Å². The maximum absolute atomic E-state index is 12.2. The lowest BCUT2D eigenvalue weighted by molar-refractivity contribution is -0.122. The van der Waals surface area contributed by atoms with Gasteiger partial charge in [-0.15, -0.1) is 10.2 Å². The standard InChI is InChI=1S/C21H20N8O/c1-15-19(16(2)29(25-15)18-11-7-4-8-12-18)13-22-23-20(30)14-28-26-21(24-27-28)17-9-5-3-6-10-17/h3-13H,14H2,1-2H3,(H,23,30)/b22-13-. The van der Waals surface area contributed by atoms with Crippen LogP contribution >= 0.6 is 0 Å². The molecule has 9 nitrogen and oxygen atoms in total.